The van der Waals surface area contributed by atoms with Crippen LogP contribution in [0, 0.1) is 0 Å². The summed E-state index contributed by atoms with van der Waals surface area (Å²) in [6, 6.07) is 0. The minimum atomic E-state index is 0.694. The molecule has 4 aromatic rings. The lowest BCUT2D eigenvalue weighted by Crippen LogP contribution is -2.47. The van der Waals surface area contributed by atoms with Crippen molar-refractivity contribution < 1.29 is 0 Å². The number of H-pyrrole nitrogens is 1. The Hall–Kier alpha value is -3.30. The van der Waals surface area contributed by atoms with Crippen LogP contribution in [0.15, 0.2) is 25.0 Å². The third-order valence-corrected chi connectivity index (χ3v) is 4.78. The molecule has 1 N–H and O–H groups in total. The SMILES string of the molecule is CCc1nnc2c(N3CCN(c4ncnc5nc[nH]c45)CC3)nccn12. The van der Waals surface area contributed by atoms with Crippen LogP contribution in [0.1, 0.15) is 12.7 Å². The van der Waals surface area contributed by atoms with Gasteiger partial charge in [-0.15, -0.1) is 10.2 Å². The number of hydrogen-bond acceptors (Lipinski definition) is 8. The number of aromatic nitrogens is 8. The largest absolute Gasteiger partial charge is 0.351 e. The molecule has 5 rings (SSSR count). The number of aryl methyl sites for hydroxylation is 1. The van der Waals surface area contributed by atoms with E-state index in [-0.39, 0.29) is 0 Å². The quantitative estimate of drug-likeness (QED) is 0.575. The predicted octanol–water partition coefficient (Wildman–Crippen LogP) is 0.680. The fourth-order valence-electron chi connectivity index (χ4n) is 3.45. The Labute approximate surface area is 148 Å². The lowest BCUT2D eigenvalue weighted by Gasteiger charge is -2.35. The summed E-state index contributed by atoms with van der Waals surface area (Å²) in [4.78, 5) is 25.0. The first-order chi connectivity index (χ1) is 12.8. The second kappa shape index (κ2) is 5.90. The molecule has 1 fully saturated rings. The van der Waals surface area contributed by atoms with Gasteiger partial charge in [0.05, 0.1) is 6.33 Å². The molecule has 0 aromatic carbocycles. The highest BCUT2D eigenvalue weighted by Crippen LogP contribution is 2.24. The van der Waals surface area contributed by atoms with Gasteiger partial charge in [0.25, 0.3) is 0 Å². The van der Waals surface area contributed by atoms with E-state index >= 15 is 0 Å². The van der Waals surface area contributed by atoms with Crippen molar-refractivity contribution in [2.24, 2.45) is 0 Å². The summed E-state index contributed by atoms with van der Waals surface area (Å²) in [5, 5.41) is 8.61. The van der Waals surface area contributed by atoms with Crippen LogP contribution in [0.25, 0.3) is 16.8 Å². The smallest absolute Gasteiger partial charge is 0.203 e. The van der Waals surface area contributed by atoms with Crippen molar-refractivity contribution in [3.63, 3.8) is 0 Å². The van der Waals surface area contributed by atoms with Gasteiger partial charge in [-0.2, -0.15) is 0 Å². The van der Waals surface area contributed by atoms with Crippen LogP contribution in [0.2, 0.25) is 0 Å². The molecule has 132 valence electrons. The number of fused-ring (bicyclic) bond motifs is 2. The number of nitrogens with zero attached hydrogens (tertiary/aromatic N) is 9. The number of aromatic amines is 1. The summed E-state index contributed by atoms with van der Waals surface area (Å²) in [7, 11) is 0. The second-order valence-electron chi connectivity index (χ2n) is 6.19. The molecule has 10 heteroatoms. The number of hydrogen-bond donors (Lipinski definition) is 1. The molecule has 4 aromatic heterocycles. The molecule has 0 aliphatic carbocycles. The third kappa shape index (κ3) is 2.25. The minimum Gasteiger partial charge on any atom is -0.351 e. The van der Waals surface area contributed by atoms with Crippen molar-refractivity contribution in [1.82, 2.24) is 39.5 Å². The Kier molecular flexibility index (Phi) is 3.40. The molecule has 26 heavy (non-hydrogen) atoms. The molecule has 5 heterocycles. The Morgan fingerprint density at radius 2 is 1.77 bits per heavy atom. The maximum atomic E-state index is 4.56. The van der Waals surface area contributed by atoms with Gasteiger partial charge in [-0.3, -0.25) is 4.40 Å². The van der Waals surface area contributed by atoms with Crippen molar-refractivity contribution in [3.05, 3.63) is 30.9 Å². The maximum absolute atomic E-state index is 4.56. The fraction of sp³-hybridized carbons (Fsp3) is 0.375. The van der Waals surface area contributed by atoms with Gasteiger partial charge in [0, 0.05) is 45.0 Å². The van der Waals surface area contributed by atoms with E-state index in [0.29, 0.717) is 5.65 Å². The summed E-state index contributed by atoms with van der Waals surface area (Å²) in [6.45, 7) is 5.42. The fourth-order valence-corrected chi connectivity index (χ4v) is 3.45. The Balaban J connectivity index is 1.41. The van der Waals surface area contributed by atoms with Gasteiger partial charge in [-0.1, -0.05) is 6.92 Å². The van der Waals surface area contributed by atoms with Crippen molar-refractivity contribution in [2.75, 3.05) is 36.0 Å². The molecule has 1 aliphatic heterocycles. The van der Waals surface area contributed by atoms with Crippen LogP contribution in [-0.2, 0) is 6.42 Å². The van der Waals surface area contributed by atoms with Gasteiger partial charge in [0.15, 0.2) is 17.3 Å². The Bertz CT molecular complexity index is 1060. The zero-order chi connectivity index (χ0) is 17.5. The minimum absolute atomic E-state index is 0.694. The topological polar surface area (TPSA) is 104 Å². The van der Waals surface area contributed by atoms with Gasteiger partial charge in [-0.05, 0) is 0 Å². The summed E-state index contributed by atoms with van der Waals surface area (Å²) in [5.74, 6) is 2.73. The first-order valence-electron chi connectivity index (χ1n) is 8.67. The molecule has 1 saturated heterocycles. The molecule has 0 radical (unpaired) electrons. The number of imidazole rings is 1. The van der Waals surface area contributed by atoms with E-state index in [1.165, 1.54) is 0 Å². The van der Waals surface area contributed by atoms with E-state index in [0.717, 1.165) is 61.2 Å². The average Bonchev–Trinajstić information content (AvgIpc) is 3.34. The summed E-state index contributed by atoms with van der Waals surface area (Å²) < 4.78 is 2.02. The zero-order valence-corrected chi connectivity index (χ0v) is 14.4. The first-order valence-corrected chi connectivity index (χ1v) is 8.67. The Morgan fingerprint density at radius 3 is 2.58 bits per heavy atom. The summed E-state index contributed by atoms with van der Waals surface area (Å²) >= 11 is 0. The monoisotopic (exact) mass is 350 g/mol. The van der Waals surface area contributed by atoms with Gasteiger partial charge in [-0.25, -0.2) is 19.9 Å². The van der Waals surface area contributed by atoms with Gasteiger partial charge < -0.3 is 14.8 Å². The lowest BCUT2D eigenvalue weighted by molar-refractivity contribution is 0.642. The van der Waals surface area contributed by atoms with Crippen molar-refractivity contribution in [1.29, 1.82) is 0 Å². The van der Waals surface area contributed by atoms with E-state index in [9.17, 15) is 0 Å². The molecule has 0 spiro atoms. The van der Waals surface area contributed by atoms with E-state index < -0.39 is 0 Å². The maximum Gasteiger partial charge on any atom is 0.203 e. The van der Waals surface area contributed by atoms with E-state index in [4.69, 9.17) is 0 Å². The van der Waals surface area contributed by atoms with Gasteiger partial charge in [0.1, 0.15) is 17.7 Å². The zero-order valence-electron chi connectivity index (χ0n) is 14.4. The highest BCUT2D eigenvalue weighted by Gasteiger charge is 2.23. The standard InChI is InChI=1S/C16H18N10/c1-2-11-22-23-16-15(17-3-4-26(11)16)25-7-5-24(6-8-25)14-12-13(19-9-18-12)20-10-21-14/h3-4,9-10H,2,5-8H2,1H3,(H,18,19,20,21). The van der Waals surface area contributed by atoms with E-state index in [1.807, 2.05) is 16.8 Å². The molecule has 0 bridgehead atoms. The predicted molar refractivity (Wildman–Crippen MR) is 96.3 cm³/mol. The Morgan fingerprint density at radius 1 is 0.962 bits per heavy atom. The highest BCUT2D eigenvalue weighted by molar-refractivity contribution is 5.82. The number of anilines is 2. The molecule has 0 amide bonds. The molecule has 1 aliphatic rings. The normalized spacial score (nSPS) is 15.3. The van der Waals surface area contributed by atoms with Crippen LogP contribution in [0.4, 0.5) is 11.6 Å². The highest BCUT2D eigenvalue weighted by atomic mass is 15.3. The number of nitrogens with one attached hydrogen (secondary N) is 1. The second-order valence-corrected chi connectivity index (χ2v) is 6.19. The molecule has 10 nitrogen and oxygen atoms in total. The summed E-state index contributed by atoms with van der Waals surface area (Å²) in [5.41, 5.74) is 2.39. The molecule has 0 atom stereocenters. The van der Waals surface area contributed by atoms with Crippen molar-refractivity contribution in [3.8, 4) is 0 Å². The number of piperazine rings is 1. The molecule has 0 saturated carbocycles. The van der Waals surface area contributed by atoms with Crippen LogP contribution < -0.4 is 9.80 Å². The third-order valence-electron chi connectivity index (χ3n) is 4.78. The van der Waals surface area contributed by atoms with E-state index in [1.54, 1.807) is 12.7 Å². The van der Waals surface area contributed by atoms with Gasteiger partial charge >= 0.3 is 0 Å². The van der Waals surface area contributed by atoms with Crippen LogP contribution in [0.5, 0.6) is 0 Å². The van der Waals surface area contributed by atoms with Crippen molar-refractivity contribution in [2.45, 2.75) is 13.3 Å². The van der Waals surface area contributed by atoms with Crippen molar-refractivity contribution >= 4 is 28.4 Å². The van der Waals surface area contributed by atoms with Crippen LogP contribution in [-0.4, -0.2) is 65.7 Å². The van der Waals surface area contributed by atoms with E-state index in [2.05, 4.69) is 51.8 Å². The average molecular weight is 350 g/mol. The molecular weight excluding hydrogens is 332 g/mol. The number of rotatable bonds is 3. The van der Waals surface area contributed by atoms with Crippen LogP contribution in [0.3, 0.4) is 0 Å². The summed E-state index contributed by atoms with van der Waals surface area (Å²) in [6.07, 6.45) is 7.79. The van der Waals surface area contributed by atoms with Gasteiger partial charge in [0.2, 0.25) is 5.65 Å². The molecule has 0 unspecified atom stereocenters. The van der Waals surface area contributed by atoms with Crippen LogP contribution >= 0.6 is 0 Å². The first kappa shape index (κ1) is 15.0. The lowest BCUT2D eigenvalue weighted by atomic mass is 10.3. The molecular formula is C16H18N10.